The van der Waals surface area contributed by atoms with Gasteiger partial charge in [0.2, 0.25) is 5.91 Å². The van der Waals surface area contributed by atoms with Gasteiger partial charge in [-0.25, -0.2) is 0 Å². The van der Waals surface area contributed by atoms with E-state index < -0.39 is 16.9 Å². The zero-order chi connectivity index (χ0) is 16.3. The van der Waals surface area contributed by atoms with Gasteiger partial charge in [0, 0.05) is 6.08 Å². The SMILES string of the molecule is Cc1cccc(C=CC(=O)NC(C)(C)C(C)(C)C(=O)O)c1. The third-order valence-corrected chi connectivity index (χ3v) is 4.00. The van der Waals surface area contributed by atoms with E-state index in [1.807, 2.05) is 31.2 Å². The van der Waals surface area contributed by atoms with Crippen molar-refractivity contribution in [3.05, 3.63) is 41.5 Å². The predicted octanol–water partition coefficient (Wildman–Crippen LogP) is 3.01. The van der Waals surface area contributed by atoms with Crippen LogP contribution >= 0.6 is 0 Å². The zero-order valence-electron chi connectivity index (χ0n) is 13.2. The highest BCUT2D eigenvalue weighted by atomic mass is 16.4. The second kappa shape index (κ2) is 6.12. The molecule has 0 bridgehead atoms. The number of amides is 1. The summed E-state index contributed by atoms with van der Waals surface area (Å²) in [7, 11) is 0. The lowest BCUT2D eigenvalue weighted by Crippen LogP contribution is -2.56. The molecule has 1 aromatic carbocycles. The predicted molar refractivity (Wildman–Crippen MR) is 83.9 cm³/mol. The van der Waals surface area contributed by atoms with E-state index in [0.29, 0.717) is 0 Å². The molecular weight excluding hydrogens is 266 g/mol. The minimum Gasteiger partial charge on any atom is -0.481 e. The molecule has 1 rings (SSSR count). The van der Waals surface area contributed by atoms with Crippen LogP contribution in [0, 0.1) is 12.3 Å². The fourth-order valence-electron chi connectivity index (χ4n) is 1.72. The molecule has 0 fully saturated rings. The molecule has 0 aliphatic rings. The first-order valence-corrected chi connectivity index (χ1v) is 6.86. The summed E-state index contributed by atoms with van der Waals surface area (Å²) in [6.07, 6.45) is 3.14. The second-order valence-electron chi connectivity index (χ2n) is 6.29. The van der Waals surface area contributed by atoms with Crippen LogP contribution in [0.2, 0.25) is 0 Å². The summed E-state index contributed by atoms with van der Waals surface area (Å²) in [4.78, 5) is 23.3. The van der Waals surface area contributed by atoms with Crippen molar-refractivity contribution in [1.29, 1.82) is 0 Å². The van der Waals surface area contributed by atoms with Gasteiger partial charge < -0.3 is 10.4 Å². The van der Waals surface area contributed by atoms with Crippen molar-refractivity contribution in [2.45, 2.75) is 40.2 Å². The van der Waals surface area contributed by atoms with Crippen molar-refractivity contribution in [3.63, 3.8) is 0 Å². The van der Waals surface area contributed by atoms with Gasteiger partial charge in [-0.2, -0.15) is 0 Å². The first-order valence-electron chi connectivity index (χ1n) is 6.86. The summed E-state index contributed by atoms with van der Waals surface area (Å²) in [5, 5.41) is 12.0. The molecule has 0 aromatic heterocycles. The van der Waals surface area contributed by atoms with Gasteiger partial charge in [-0.3, -0.25) is 9.59 Å². The van der Waals surface area contributed by atoms with Gasteiger partial charge in [-0.15, -0.1) is 0 Å². The molecule has 0 spiro atoms. The molecule has 1 amide bonds. The molecule has 1 aromatic rings. The number of carboxylic acid groups (broad SMARTS) is 1. The van der Waals surface area contributed by atoms with Crippen LogP contribution in [0.25, 0.3) is 6.08 Å². The van der Waals surface area contributed by atoms with Crippen LogP contribution in [0.4, 0.5) is 0 Å². The van der Waals surface area contributed by atoms with E-state index in [0.717, 1.165) is 11.1 Å². The van der Waals surface area contributed by atoms with E-state index >= 15 is 0 Å². The summed E-state index contributed by atoms with van der Waals surface area (Å²) in [6.45, 7) is 8.59. The van der Waals surface area contributed by atoms with Crippen LogP contribution in [0.3, 0.4) is 0 Å². The van der Waals surface area contributed by atoms with E-state index in [-0.39, 0.29) is 5.91 Å². The maximum atomic E-state index is 12.0. The standard InChI is InChI=1S/C17H23NO3/c1-12-7-6-8-13(11-12)9-10-14(19)18-17(4,5)16(2,3)15(20)21/h6-11H,1-5H3,(H,18,19)(H,20,21). The van der Waals surface area contributed by atoms with E-state index in [9.17, 15) is 14.7 Å². The molecule has 0 saturated heterocycles. The number of aryl methyl sites for hydroxylation is 1. The van der Waals surface area contributed by atoms with Gasteiger partial charge in [0.1, 0.15) is 0 Å². The molecule has 0 aliphatic carbocycles. The van der Waals surface area contributed by atoms with Gasteiger partial charge in [0.15, 0.2) is 0 Å². The average Bonchev–Trinajstić information content (AvgIpc) is 2.35. The van der Waals surface area contributed by atoms with Gasteiger partial charge in [0.25, 0.3) is 0 Å². The molecule has 0 radical (unpaired) electrons. The van der Waals surface area contributed by atoms with Crippen LogP contribution in [0.1, 0.15) is 38.8 Å². The highest BCUT2D eigenvalue weighted by molar-refractivity contribution is 5.92. The van der Waals surface area contributed by atoms with E-state index in [1.54, 1.807) is 33.8 Å². The van der Waals surface area contributed by atoms with Crippen molar-refractivity contribution >= 4 is 18.0 Å². The van der Waals surface area contributed by atoms with Crippen LogP contribution < -0.4 is 5.32 Å². The number of carboxylic acids is 1. The Labute approximate surface area is 125 Å². The number of carbonyl (C=O) groups is 2. The van der Waals surface area contributed by atoms with Crippen molar-refractivity contribution in [2.24, 2.45) is 5.41 Å². The van der Waals surface area contributed by atoms with Crippen molar-refractivity contribution in [2.75, 3.05) is 0 Å². The van der Waals surface area contributed by atoms with Gasteiger partial charge in [-0.05, 0) is 46.3 Å². The topological polar surface area (TPSA) is 66.4 Å². The molecule has 4 nitrogen and oxygen atoms in total. The number of carbonyl (C=O) groups excluding carboxylic acids is 1. The van der Waals surface area contributed by atoms with Crippen molar-refractivity contribution in [1.82, 2.24) is 5.32 Å². The lowest BCUT2D eigenvalue weighted by molar-refractivity contribution is -0.151. The Balaban J connectivity index is 2.80. The highest BCUT2D eigenvalue weighted by Gasteiger charge is 2.44. The third-order valence-electron chi connectivity index (χ3n) is 4.00. The summed E-state index contributed by atoms with van der Waals surface area (Å²) in [6, 6.07) is 7.78. The number of aliphatic carboxylic acids is 1. The lowest BCUT2D eigenvalue weighted by Gasteiger charge is -2.38. The van der Waals surface area contributed by atoms with E-state index in [4.69, 9.17) is 0 Å². The van der Waals surface area contributed by atoms with Gasteiger partial charge in [-0.1, -0.05) is 29.8 Å². The fraction of sp³-hybridized carbons (Fsp3) is 0.412. The molecule has 0 aliphatic heterocycles. The van der Waals surface area contributed by atoms with Gasteiger partial charge in [0.05, 0.1) is 11.0 Å². The summed E-state index contributed by atoms with van der Waals surface area (Å²) in [5.74, 6) is -1.26. The molecule has 21 heavy (non-hydrogen) atoms. The number of benzene rings is 1. The van der Waals surface area contributed by atoms with Crippen molar-refractivity contribution < 1.29 is 14.7 Å². The Hall–Kier alpha value is -2.10. The number of nitrogens with one attached hydrogen (secondary N) is 1. The first kappa shape index (κ1) is 17.0. The molecule has 0 heterocycles. The normalized spacial score (nSPS) is 12.4. The Morgan fingerprint density at radius 1 is 1.19 bits per heavy atom. The Bertz CT molecular complexity index is 571. The van der Waals surface area contributed by atoms with E-state index in [1.165, 1.54) is 6.08 Å². The van der Waals surface area contributed by atoms with Crippen LogP contribution in [-0.2, 0) is 9.59 Å². The maximum absolute atomic E-state index is 12.0. The Kier molecular flexibility index (Phi) is 4.94. The molecule has 2 N–H and O–H groups in total. The number of rotatable bonds is 5. The monoisotopic (exact) mass is 289 g/mol. The van der Waals surface area contributed by atoms with Gasteiger partial charge >= 0.3 is 5.97 Å². The number of hydrogen-bond donors (Lipinski definition) is 2. The average molecular weight is 289 g/mol. The molecular formula is C17H23NO3. The summed E-state index contributed by atoms with van der Waals surface area (Å²) >= 11 is 0. The molecule has 0 saturated carbocycles. The maximum Gasteiger partial charge on any atom is 0.311 e. The smallest absolute Gasteiger partial charge is 0.311 e. The first-order chi connectivity index (χ1) is 9.56. The minimum atomic E-state index is -1.07. The lowest BCUT2D eigenvalue weighted by atomic mass is 9.74. The Morgan fingerprint density at radius 3 is 2.33 bits per heavy atom. The molecule has 114 valence electrons. The zero-order valence-corrected chi connectivity index (χ0v) is 13.2. The second-order valence-corrected chi connectivity index (χ2v) is 6.29. The fourth-order valence-corrected chi connectivity index (χ4v) is 1.72. The van der Waals surface area contributed by atoms with Crippen LogP contribution in [-0.4, -0.2) is 22.5 Å². The van der Waals surface area contributed by atoms with E-state index in [2.05, 4.69) is 5.32 Å². The summed E-state index contributed by atoms with van der Waals surface area (Å²) < 4.78 is 0. The largest absolute Gasteiger partial charge is 0.481 e. The Morgan fingerprint density at radius 2 is 1.81 bits per heavy atom. The number of hydrogen-bond acceptors (Lipinski definition) is 2. The molecule has 0 unspecified atom stereocenters. The van der Waals surface area contributed by atoms with Crippen LogP contribution in [0.15, 0.2) is 30.3 Å². The third kappa shape index (κ3) is 4.18. The molecule has 4 heteroatoms. The summed E-state index contributed by atoms with van der Waals surface area (Å²) in [5.41, 5.74) is 0.109. The van der Waals surface area contributed by atoms with Crippen LogP contribution in [0.5, 0.6) is 0 Å². The highest BCUT2D eigenvalue weighted by Crippen LogP contribution is 2.30. The molecule has 0 atom stereocenters. The quantitative estimate of drug-likeness (QED) is 0.819. The minimum absolute atomic E-state index is 0.309. The van der Waals surface area contributed by atoms with Crippen molar-refractivity contribution in [3.8, 4) is 0 Å².